The number of anilines is 1. The van der Waals surface area contributed by atoms with Crippen molar-refractivity contribution in [2.45, 2.75) is 25.9 Å². The zero-order chi connectivity index (χ0) is 26.3. The number of carbonyl (C=O) groups excluding carboxylic acids is 1. The van der Waals surface area contributed by atoms with Crippen molar-refractivity contribution in [2.75, 3.05) is 38.6 Å². The highest BCUT2D eigenvalue weighted by Gasteiger charge is 2.30. The minimum absolute atomic E-state index is 0.0439. The second kappa shape index (κ2) is 12.4. The molecular weight excluding hydrogens is 490 g/mol. The van der Waals surface area contributed by atoms with Crippen molar-refractivity contribution in [3.63, 3.8) is 0 Å². The van der Waals surface area contributed by atoms with Crippen LogP contribution in [0, 0.1) is 0 Å². The van der Waals surface area contributed by atoms with Crippen LogP contribution in [0.3, 0.4) is 0 Å². The van der Waals surface area contributed by atoms with Gasteiger partial charge in [0.25, 0.3) is 5.91 Å². The van der Waals surface area contributed by atoms with Gasteiger partial charge in [0.2, 0.25) is 0 Å². The Hall–Kier alpha value is -3.45. The van der Waals surface area contributed by atoms with E-state index in [9.17, 15) is 4.79 Å². The molecule has 1 aliphatic rings. The number of hydrogen-bond donors (Lipinski definition) is 1. The Balaban J connectivity index is 1.43. The molecule has 38 heavy (non-hydrogen) atoms. The van der Waals surface area contributed by atoms with Gasteiger partial charge in [-0.15, -0.1) is 11.3 Å². The quantitative estimate of drug-likeness (QED) is 0.272. The maximum atomic E-state index is 13.2. The van der Waals surface area contributed by atoms with Crippen molar-refractivity contribution in [1.82, 2.24) is 9.80 Å². The Labute approximate surface area is 229 Å². The van der Waals surface area contributed by atoms with Crippen LogP contribution in [0.25, 0.3) is 0 Å². The van der Waals surface area contributed by atoms with Gasteiger partial charge in [-0.25, -0.2) is 0 Å². The molecule has 1 amide bonds. The average Bonchev–Trinajstić information content (AvgIpc) is 3.37. The number of thiophene rings is 1. The van der Waals surface area contributed by atoms with Crippen molar-refractivity contribution in [3.05, 3.63) is 118 Å². The molecule has 196 valence electrons. The molecule has 2 heterocycles. The number of methoxy groups -OCH3 is 1. The fourth-order valence-electron chi connectivity index (χ4n) is 5.09. The van der Waals surface area contributed by atoms with Gasteiger partial charge in [0.05, 0.1) is 13.2 Å². The zero-order valence-corrected chi connectivity index (χ0v) is 22.9. The topological polar surface area (TPSA) is 44.8 Å². The first-order valence-electron chi connectivity index (χ1n) is 13.3. The van der Waals surface area contributed by atoms with E-state index in [0.29, 0.717) is 5.56 Å². The van der Waals surface area contributed by atoms with Gasteiger partial charge in [-0.2, -0.15) is 0 Å². The van der Waals surface area contributed by atoms with Crippen LogP contribution in [0.15, 0.2) is 91.0 Å². The molecule has 1 fully saturated rings. The number of amides is 1. The standard InChI is InChI=1S/C32H35N3O2S/c1-3-28-22-29(32(38-28)33-31(36)26-12-8-5-9-13-26)30(25-14-16-27(37-2)17-15-25)35-20-18-34(19-21-35)23-24-10-6-4-7-11-24/h4-17,22,30H,3,18-21,23H2,1-2H3,(H,33,36). The number of nitrogens with zero attached hydrogens (tertiary/aromatic N) is 2. The average molecular weight is 526 g/mol. The van der Waals surface area contributed by atoms with Gasteiger partial charge in [0.15, 0.2) is 0 Å². The molecule has 0 bridgehead atoms. The van der Waals surface area contributed by atoms with Gasteiger partial charge >= 0.3 is 0 Å². The molecular formula is C32H35N3O2S. The minimum atomic E-state index is -0.0717. The Morgan fingerprint density at radius 3 is 2.21 bits per heavy atom. The fourth-order valence-corrected chi connectivity index (χ4v) is 6.12. The number of ether oxygens (including phenoxy) is 1. The lowest BCUT2D eigenvalue weighted by molar-refractivity contribution is 0.102. The lowest BCUT2D eigenvalue weighted by Gasteiger charge is -2.40. The van der Waals surface area contributed by atoms with Crippen LogP contribution in [-0.4, -0.2) is 49.0 Å². The van der Waals surface area contributed by atoms with Gasteiger partial charge in [-0.3, -0.25) is 14.6 Å². The van der Waals surface area contributed by atoms with E-state index in [2.05, 4.69) is 70.6 Å². The second-order valence-corrected chi connectivity index (χ2v) is 10.8. The van der Waals surface area contributed by atoms with Crippen molar-refractivity contribution in [2.24, 2.45) is 0 Å². The second-order valence-electron chi connectivity index (χ2n) is 9.64. The molecule has 0 radical (unpaired) electrons. The highest BCUT2D eigenvalue weighted by atomic mass is 32.1. The summed E-state index contributed by atoms with van der Waals surface area (Å²) in [5, 5.41) is 4.19. The predicted octanol–water partition coefficient (Wildman–Crippen LogP) is 6.48. The molecule has 1 saturated heterocycles. The summed E-state index contributed by atoms with van der Waals surface area (Å²) in [6, 6.07) is 30.8. The molecule has 1 aliphatic heterocycles. The normalized spacial score (nSPS) is 15.2. The van der Waals surface area contributed by atoms with E-state index in [4.69, 9.17) is 4.74 Å². The Kier molecular flexibility index (Phi) is 8.54. The minimum Gasteiger partial charge on any atom is -0.497 e. The van der Waals surface area contributed by atoms with Crippen LogP contribution in [0.2, 0.25) is 0 Å². The molecule has 1 aromatic heterocycles. The summed E-state index contributed by atoms with van der Waals surface area (Å²) < 4.78 is 5.44. The smallest absolute Gasteiger partial charge is 0.256 e. The summed E-state index contributed by atoms with van der Waals surface area (Å²) in [4.78, 5) is 19.5. The molecule has 4 aromatic rings. The number of piperazine rings is 1. The van der Waals surface area contributed by atoms with Crippen LogP contribution in [0.1, 0.15) is 44.9 Å². The Bertz CT molecular complexity index is 1310. The number of rotatable bonds is 9. The van der Waals surface area contributed by atoms with Gasteiger partial charge in [-0.1, -0.05) is 67.6 Å². The molecule has 0 spiro atoms. The molecule has 3 aromatic carbocycles. The molecule has 5 rings (SSSR count). The first-order chi connectivity index (χ1) is 18.6. The fraction of sp³-hybridized carbons (Fsp3) is 0.281. The van der Waals surface area contributed by atoms with E-state index < -0.39 is 0 Å². The van der Waals surface area contributed by atoms with Crippen LogP contribution in [-0.2, 0) is 13.0 Å². The molecule has 1 unspecified atom stereocenters. The summed E-state index contributed by atoms with van der Waals surface area (Å²) in [5.41, 5.74) is 4.39. The number of carbonyl (C=O) groups is 1. The molecule has 0 saturated carbocycles. The van der Waals surface area contributed by atoms with Gasteiger partial charge in [0, 0.05) is 48.7 Å². The lowest BCUT2D eigenvalue weighted by atomic mass is 9.97. The SMILES string of the molecule is CCc1cc(C(c2ccc(OC)cc2)N2CCN(Cc3ccccc3)CC2)c(NC(=O)c2ccccc2)s1. The predicted molar refractivity (Wildman–Crippen MR) is 156 cm³/mol. The largest absolute Gasteiger partial charge is 0.497 e. The summed E-state index contributed by atoms with van der Waals surface area (Å²) in [6.07, 6.45) is 0.930. The van der Waals surface area contributed by atoms with E-state index in [-0.39, 0.29) is 11.9 Å². The third kappa shape index (κ3) is 6.16. The third-order valence-electron chi connectivity index (χ3n) is 7.17. The van der Waals surface area contributed by atoms with E-state index in [1.807, 2.05) is 42.5 Å². The molecule has 6 heteroatoms. The van der Waals surface area contributed by atoms with Gasteiger partial charge in [0.1, 0.15) is 10.8 Å². The van der Waals surface area contributed by atoms with Crippen LogP contribution in [0.5, 0.6) is 5.75 Å². The maximum absolute atomic E-state index is 13.2. The Morgan fingerprint density at radius 2 is 1.58 bits per heavy atom. The van der Waals surface area contributed by atoms with Gasteiger partial charge in [-0.05, 0) is 47.9 Å². The summed E-state index contributed by atoms with van der Waals surface area (Å²) in [5.74, 6) is 0.773. The van der Waals surface area contributed by atoms with Crippen LogP contribution in [0.4, 0.5) is 5.00 Å². The highest BCUT2D eigenvalue weighted by Crippen LogP contribution is 2.40. The molecule has 0 aliphatic carbocycles. The molecule has 5 nitrogen and oxygen atoms in total. The van der Waals surface area contributed by atoms with Gasteiger partial charge < -0.3 is 10.1 Å². The Morgan fingerprint density at radius 1 is 0.921 bits per heavy atom. The van der Waals surface area contributed by atoms with E-state index in [1.165, 1.54) is 16.0 Å². The van der Waals surface area contributed by atoms with Crippen molar-refractivity contribution in [3.8, 4) is 5.75 Å². The van der Waals surface area contributed by atoms with Crippen molar-refractivity contribution < 1.29 is 9.53 Å². The molecule has 1 N–H and O–H groups in total. The summed E-state index contributed by atoms with van der Waals surface area (Å²) in [7, 11) is 1.70. The number of benzene rings is 3. The van der Waals surface area contributed by atoms with Crippen molar-refractivity contribution in [1.29, 1.82) is 0 Å². The highest BCUT2D eigenvalue weighted by molar-refractivity contribution is 7.16. The van der Waals surface area contributed by atoms with E-state index in [0.717, 1.165) is 55.5 Å². The van der Waals surface area contributed by atoms with E-state index >= 15 is 0 Å². The maximum Gasteiger partial charge on any atom is 0.256 e. The van der Waals surface area contributed by atoms with E-state index in [1.54, 1.807) is 18.4 Å². The molecule has 1 atom stereocenters. The zero-order valence-electron chi connectivity index (χ0n) is 22.1. The monoisotopic (exact) mass is 525 g/mol. The first kappa shape index (κ1) is 26.2. The summed E-state index contributed by atoms with van der Waals surface area (Å²) in [6.45, 7) is 7.04. The van der Waals surface area contributed by atoms with Crippen LogP contribution < -0.4 is 10.1 Å². The number of aryl methyl sites for hydroxylation is 1. The number of hydrogen-bond acceptors (Lipinski definition) is 5. The lowest BCUT2D eigenvalue weighted by Crippen LogP contribution is -2.47. The van der Waals surface area contributed by atoms with Crippen LogP contribution >= 0.6 is 11.3 Å². The van der Waals surface area contributed by atoms with Crippen molar-refractivity contribution >= 4 is 22.2 Å². The number of nitrogens with one attached hydrogen (secondary N) is 1. The summed E-state index contributed by atoms with van der Waals surface area (Å²) >= 11 is 1.69. The first-order valence-corrected chi connectivity index (χ1v) is 14.1. The third-order valence-corrected chi connectivity index (χ3v) is 8.38.